The van der Waals surface area contributed by atoms with E-state index in [4.69, 9.17) is 11.6 Å². The molecule has 0 aliphatic carbocycles. The first kappa shape index (κ1) is 15.0. The third kappa shape index (κ3) is 3.80. The van der Waals surface area contributed by atoms with Crippen molar-refractivity contribution in [3.8, 4) is 0 Å². The fraction of sp³-hybridized carbons (Fsp3) is 0.385. The second-order valence-electron chi connectivity index (χ2n) is 5.77. The zero-order chi connectivity index (χ0) is 15.0. The number of sulfonamides is 1. The monoisotopic (exact) mass is 313 g/mol. The first-order chi connectivity index (χ1) is 9.16. The molecule has 0 radical (unpaired) electrons. The van der Waals surface area contributed by atoms with Crippen molar-refractivity contribution in [1.82, 2.24) is 9.97 Å². The van der Waals surface area contributed by atoms with Crippen LogP contribution in [0, 0.1) is 5.41 Å². The molecular weight excluding hydrogens is 298 g/mol. The van der Waals surface area contributed by atoms with E-state index in [-0.39, 0.29) is 22.1 Å². The van der Waals surface area contributed by atoms with Crippen molar-refractivity contribution >= 4 is 38.5 Å². The summed E-state index contributed by atoms with van der Waals surface area (Å²) in [6.45, 7) is 5.54. The number of para-hydroxylation sites is 2. The molecule has 108 valence electrons. The van der Waals surface area contributed by atoms with E-state index in [9.17, 15) is 8.42 Å². The molecule has 2 aromatic rings. The lowest BCUT2D eigenvalue weighted by atomic mass is 10.0. The van der Waals surface area contributed by atoms with E-state index in [0.717, 1.165) is 0 Å². The number of halogens is 1. The highest BCUT2D eigenvalue weighted by Crippen LogP contribution is 2.24. The van der Waals surface area contributed by atoms with Crippen molar-refractivity contribution in [1.29, 1.82) is 0 Å². The number of nitrogens with one attached hydrogen (secondary N) is 1. The van der Waals surface area contributed by atoms with Gasteiger partial charge in [-0.3, -0.25) is 4.72 Å². The highest BCUT2D eigenvalue weighted by Gasteiger charge is 2.23. The first-order valence-corrected chi connectivity index (χ1v) is 8.12. The zero-order valence-electron chi connectivity index (χ0n) is 11.5. The lowest BCUT2D eigenvalue weighted by Gasteiger charge is -2.18. The quantitative estimate of drug-likeness (QED) is 0.945. The Balaban J connectivity index is 2.36. The van der Waals surface area contributed by atoms with Gasteiger partial charge < -0.3 is 0 Å². The number of aromatic nitrogens is 2. The van der Waals surface area contributed by atoms with Gasteiger partial charge in [-0.25, -0.2) is 18.4 Å². The molecule has 0 unspecified atom stereocenters. The number of hydrogen-bond acceptors (Lipinski definition) is 4. The van der Waals surface area contributed by atoms with Crippen LogP contribution in [0.3, 0.4) is 0 Å². The van der Waals surface area contributed by atoms with Crippen molar-refractivity contribution in [2.45, 2.75) is 20.8 Å². The van der Waals surface area contributed by atoms with Crippen LogP contribution < -0.4 is 4.72 Å². The smallest absolute Gasteiger partial charge is 0.234 e. The minimum atomic E-state index is -3.52. The molecule has 7 heteroatoms. The van der Waals surface area contributed by atoms with Crippen LogP contribution in [-0.4, -0.2) is 24.1 Å². The Morgan fingerprint density at radius 1 is 1.15 bits per heavy atom. The molecule has 1 heterocycles. The average molecular weight is 314 g/mol. The van der Waals surface area contributed by atoms with Crippen molar-refractivity contribution in [2.24, 2.45) is 5.41 Å². The minimum Gasteiger partial charge on any atom is -0.265 e. The van der Waals surface area contributed by atoms with Crippen LogP contribution in [0.4, 0.5) is 5.82 Å². The molecule has 0 aliphatic heterocycles. The number of rotatable bonds is 3. The lowest BCUT2D eigenvalue weighted by Crippen LogP contribution is -2.26. The summed E-state index contributed by atoms with van der Waals surface area (Å²) in [5, 5.41) is 0.0428. The van der Waals surface area contributed by atoms with Crippen LogP contribution in [0.1, 0.15) is 20.8 Å². The SMILES string of the molecule is CC(C)(C)CS(=O)(=O)Nc1nc2ccccc2nc1Cl. The van der Waals surface area contributed by atoms with Gasteiger partial charge in [-0.05, 0) is 17.5 Å². The van der Waals surface area contributed by atoms with E-state index < -0.39 is 10.0 Å². The Bertz CT molecular complexity index is 739. The largest absolute Gasteiger partial charge is 0.265 e. The molecule has 0 amide bonds. The van der Waals surface area contributed by atoms with Crippen molar-refractivity contribution < 1.29 is 8.42 Å². The maximum atomic E-state index is 12.1. The van der Waals surface area contributed by atoms with Crippen molar-refractivity contribution in [2.75, 3.05) is 10.5 Å². The molecule has 20 heavy (non-hydrogen) atoms. The van der Waals surface area contributed by atoms with Crippen molar-refractivity contribution in [3.63, 3.8) is 0 Å². The zero-order valence-corrected chi connectivity index (χ0v) is 13.1. The van der Waals surface area contributed by atoms with Crippen LogP contribution in [-0.2, 0) is 10.0 Å². The molecule has 2 rings (SSSR count). The fourth-order valence-corrected chi connectivity index (χ4v) is 3.68. The van der Waals surface area contributed by atoms with E-state index in [1.54, 1.807) is 18.2 Å². The molecule has 0 aliphatic rings. The van der Waals surface area contributed by atoms with Crippen LogP contribution in [0.5, 0.6) is 0 Å². The van der Waals surface area contributed by atoms with Crippen LogP contribution >= 0.6 is 11.6 Å². The van der Waals surface area contributed by atoms with E-state index in [1.165, 1.54) is 0 Å². The predicted molar refractivity (Wildman–Crippen MR) is 81.4 cm³/mol. The van der Waals surface area contributed by atoms with E-state index in [1.807, 2.05) is 26.8 Å². The second-order valence-corrected chi connectivity index (χ2v) is 7.85. The molecule has 1 N–H and O–H groups in total. The van der Waals surface area contributed by atoms with Crippen LogP contribution in [0.15, 0.2) is 24.3 Å². The molecule has 0 saturated carbocycles. The van der Waals surface area contributed by atoms with Gasteiger partial charge in [0.2, 0.25) is 10.0 Å². The predicted octanol–water partition coefficient (Wildman–Crippen LogP) is 3.07. The number of benzene rings is 1. The Kier molecular flexibility index (Phi) is 3.88. The Morgan fingerprint density at radius 3 is 2.25 bits per heavy atom. The maximum absolute atomic E-state index is 12.1. The summed E-state index contributed by atoms with van der Waals surface area (Å²) in [4.78, 5) is 8.34. The summed E-state index contributed by atoms with van der Waals surface area (Å²) >= 11 is 5.98. The molecule has 0 fully saturated rings. The number of hydrogen-bond donors (Lipinski definition) is 1. The number of anilines is 1. The molecule has 1 aromatic carbocycles. The molecule has 0 atom stereocenters. The van der Waals surface area contributed by atoms with Gasteiger partial charge in [0.25, 0.3) is 0 Å². The lowest BCUT2D eigenvalue weighted by molar-refractivity contribution is 0.463. The summed E-state index contributed by atoms with van der Waals surface area (Å²) in [5.74, 6) is 0.0415. The van der Waals surface area contributed by atoms with Gasteiger partial charge in [0, 0.05) is 0 Å². The normalized spacial score (nSPS) is 12.6. The highest BCUT2D eigenvalue weighted by molar-refractivity contribution is 7.92. The minimum absolute atomic E-state index is 0.0230. The molecule has 0 bridgehead atoms. The standard InChI is InChI=1S/C13H16ClN3O2S/c1-13(2,3)8-20(18,19)17-12-11(14)15-9-6-4-5-7-10(9)16-12/h4-7H,8H2,1-3H3,(H,16,17). The summed E-state index contributed by atoms with van der Waals surface area (Å²) < 4.78 is 26.5. The molecule has 0 spiro atoms. The van der Waals surface area contributed by atoms with Gasteiger partial charge in [0.1, 0.15) is 0 Å². The van der Waals surface area contributed by atoms with Gasteiger partial charge in [-0.1, -0.05) is 44.5 Å². The molecular formula is C13H16ClN3O2S. The number of fused-ring (bicyclic) bond motifs is 1. The Hall–Kier alpha value is -1.40. The number of nitrogens with zero attached hydrogens (tertiary/aromatic N) is 2. The van der Waals surface area contributed by atoms with Crippen LogP contribution in [0.25, 0.3) is 11.0 Å². The molecule has 1 aromatic heterocycles. The van der Waals surface area contributed by atoms with Gasteiger partial charge in [0.15, 0.2) is 11.0 Å². The highest BCUT2D eigenvalue weighted by atomic mass is 35.5. The summed E-state index contributed by atoms with van der Waals surface area (Å²) in [7, 11) is -3.52. The molecule has 5 nitrogen and oxygen atoms in total. The average Bonchev–Trinajstić information content (AvgIpc) is 2.26. The van der Waals surface area contributed by atoms with Gasteiger partial charge in [-0.15, -0.1) is 0 Å². The Labute approximate surface area is 123 Å². The topological polar surface area (TPSA) is 72.0 Å². The van der Waals surface area contributed by atoms with E-state index in [2.05, 4.69) is 14.7 Å². The summed E-state index contributed by atoms with van der Waals surface area (Å²) in [6, 6.07) is 7.14. The van der Waals surface area contributed by atoms with Crippen LogP contribution in [0.2, 0.25) is 5.15 Å². The van der Waals surface area contributed by atoms with E-state index >= 15 is 0 Å². The molecule has 0 saturated heterocycles. The summed E-state index contributed by atoms with van der Waals surface area (Å²) in [5.41, 5.74) is 0.851. The second kappa shape index (κ2) is 5.18. The van der Waals surface area contributed by atoms with Gasteiger partial charge in [-0.2, -0.15) is 0 Å². The van der Waals surface area contributed by atoms with E-state index in [0.29, 0.717) is 11.0 Å². The Morgan fingerprint density at radius 2 is 1.70 bits per heavy atom. The van der Waals surface area contributed by atoms with Gasteiger partial charge in [0.05, 0.1) is 16.8 Å². The maximum Gasteiger partial charge on any atom is 0.234 e. The van der Waals surface area contributed by atoms with Gasteiger partial charge >= 0.3 is 0 Å². The van der Waals surface area contributed by atoms with Crippen molar-refractivity contribution in [3.05, 3.63) is 29.4 Å². The third-order valence-electron chi connectivity index (χ3n) is 2.40. The third-order valence-corrected chi connectivity index (χ3v) is 4.42. The summed E-state index contributed by atoms with van der Waals surface area (Å²) in [6.07, 6.45) is 0. The first-order valence-electron chi connectivity index (χ1n) is 6.09. The fourth-order valence-electron chi connectivity index (χ4n) is 1.80.